The summed E-state index contributed by atoms with van der Waals surface area (Å²) in [4.78, 5) is 0.0999. The molecule has 0 unspecified atom stereocenters. The molecule has 0 aliphatic rings. The van der Waals surface area contributed by atoms with Gasteiger partial charge in [-0.3, -0.25) is 4.72 Å². The second kappa shape index (κ2) is 5.53. The van der Waals surface area contributed by atoms with Gasteiger partial charge in [0.05, 0.1) is 16.5 Å². The first kappa shape index (κ1) is 14.4. The van der Waals surface area contributed by atoms with Gasteiger partial charge >= 0.3 is 0 Å². The number of nitrogens with one attached hydrogen (secondary N) is 1. The zero-order chi connectivity index (χ0) is 14.8. The van der Waals surface area contributed by atoms with Crippen molar-refractivity contribution in [2.45, 2.75) is 4.90 Å². The molecule has 0 aromatic heterocycles. The lowest BCUT2D eigenvalue weighted by Crippen LogP contribution is -2.13. The number of benzene rings is 2. The molecule has 0 fully saturated rings. The van der Waals surface area contributed by atoms with Gasteiger partial charge in [0, 0.05) is 15.8 Å². The molecule has 102 valence electrons. The molecule has 2 aromatic rings. The molecule has 20 heavy (non-hydrogen) atoms. The molecule has 5 nitrogen and oxygen atoms in total. The average Bonchev–Trinajstić information content (AvgIpc) is 2.42. The molecule has 0 amide bonds. The van der Waals surface area contributed by atoms with E-state index < -0.39 is 10.0 Å². The van der Waals surface area contributed by atoms with Crippen LogP contribution in [0.1, 0.15) is 5.56 Å². The lowest BCUT2D eigenvalue weighted by atomic mass is 10.2. The Hall–Kier alpha value is -2.04. The summed E-state index contributed by atoms with van der Waals surface area (Å²) in [7, 11) is -3.69. The highest BCUT2D eigenvalue weighted by Crippen LogP contribution is 2.24. The molecule has 0 aliphatic heterocycles. The Morgan fingerprint density at radius 1 is 1.15 bits per heavy atom. The Labute approximate surface area is 125 Å². The monoisotopic (exact) mass is 351 g/mol. The van der Waals surface area contributed by atoms with Crippen molar-refractivity contribution >= 4 is 37.3 Å². The molecule has 0 spiro atoms. The summed E-state index contributed by atoms with van der Waals surface area (Å²) >= 11 is 3.19. The third-order valence-corrected chi connectivity index (χ3v) is 4.61. The topological polar surface area (TPSA) is 96.0 Å². The highest BCUT2D eigenvalue weighted by molar-refractivity contribution is 9.10. The molecule has 0 radical (unpaired) electrons. The summed E-state index contributed by atoms with van der Waals surface area (Å²) in [6.45, 7) is 0. The lowest BCUT2D eigenvalue weighted by Gasteiger charge is -2.09. The SMILES string of the molecule is N#Cc1ccc(NS(=O)(=O)c2ccc(N)c(Br)c2)cc1. The fourth-order valence-electron chi connectivity index (χ4n) is 1.50. The Morgan fingerprint density at radius 3 is 2.35 bits per heavy atom. The number of nitrogen functional groups attached to an aromatic ring is 1. The van der Waals surface area contributed by atoms with Crippen LogP contribution >= 0.6 is 15.9 Å². The number of rotatable bonds is 3. The fourth-order valence-corrected chi connectivity index (χ4v) is 3.12. The van der Waals surface area contributed by atoms with Gasteiger partial charge in [-0.15, -0.1) is 0 Å². The lowest BCUT2D eigenvalue weighted by molar-refractivity contribution is 0.601. The minimum atomic E-state index is -3.69. The molecule has 2 aromatic carbocycles. The van der Waals surface area contributed by atoms with Gasteiger partial charge in [0.15, 0.2) is 0 Å². The largest absolute Gasteiger partial charge is 0.398 e. The number of sulfonamides is 1. The zero-order valence-corrected chi connectivity index (χ0v) is 12.6. The van der Waals surface area contributed by atoms with Crippen molar-refractivity contribution in [1.29, 1.82) is 5.26 Å². The van der Waals surface area contributed by atoms with Crippen molar-refractivity contribution in [3.8, 4) is 6.07 Å². The van der Waals surface area contributed by atoms with Gasteiger partial charge in [0.25, 0.3) is 10.0 Å². The van der Waals surface area contributed by atoms with E-state index in [4.69, 9.17) is 11.0 Å². The molecule has 0 aliphatic carbocycles. The van der Waals surface area contributed by atoms with E-state index in [0.717, 1.165) is 0 Å². The third kappa shape index (κ3) is 3.10. The maximum Gasteiger partial charge on any atom is 0.261 e. The van der Waals surface area contributed by atoms with Gasteiger partial charge < -0.3 is 5.73 Å². The highest BCUT2D eigenvalue weighted by atomic mass is 79.9. The maximum absolute atomic E-state index is 12.2. The smallest absolute Gasteiger partial charge is 0.261 e. The van der Waals surface area contributed by atoms with Crippen molar-refractivity contribution < 1.29 is 8.42 Å². The normalized spacial score (nSPS) is 10.8. The summed E-state index contributed by atoms with van der Waals surface area (Å²) in [5, 5.41) is 8.69. The third-order valence-electron chi connectivity index (χ3n) is 2.55. The van der Waals surface area contributed by atoms with E-state index in [-0.39, 0.29) is 4.90 Å². The Morgan fingerprint density at radius 2 is 1.80 bits per heavy atom. The predicted octanol–water partition coefficient (Wildman–Crippen LogP) is 2.70. The molecule has 0 saturated heterocycles. The fraction of sp³-hybridized carbons (Fsp3) is 0. The molecule has 2 rings (SSSR count). The number of nitriles is 1. The van der Waals surface area contributed by atoms with Crippen LogP contribution in [0.25, 0.3) is 0 Å². The number of nitrogens with two attached hydrogens (primary N) is 1. The van der Waals surface area contributed by atoms with Crippen LogP contribution in [0.4, 0.5) is 11.4 Å². The summed E-state index contributed by atoms with van der Waals surface area (Å²) < 4.78 is 27.3. The van der Waals surface area contributed by atoms with E-state index in [1.165, 1.54) is 42.5 Å². The van der Waals surface area contributed by atoms with Gasteiger partial charge in [-0.1, -0.05) is 0 Å². The zero-order valence-electron chi connectivity index (χ0n) is 10.2. The number of hydrogen-bond acceptors (Lipinski definition) is 4. The van der Waals surface area contributed by atoms with Crippen LogP contribution in [0.3, 0.4) is 0 Å². The number of anilines is 2. The van der Waals surface area contributed by atoms with Crippen LogP contribution in [-0.4, -0.2) is 8.42 Å². The summed E-state index contributed by atoms with van der Waals surface area (Å²) in [5.74, 6) is 0. The minimum absolute atomic E-state index is 0.0999. The first-order chi connectivity index (χ1) is 9.42. The standard InChI is InChI=1S/C13H10BrN3O2S/c14-12-7-11(5-6-13(12)16)20(18,19)17-10-3-1-9(8-15)2-4-10/h1-7,17H,16H2. The van der Waals surface area contributed by atoms with Crippen LogP contribution in [-0.2, 0) is 10.0 Å². The van der Waals surface area contributed by atoms with E-state index >= 15 is 0 Å². The van der Waals surface area contributed by atoms with Crippen molar-refractivity contribution in [2.75, 3.05) is 10.5 Å². The van der Waals surface area contributed by atoms with E-state index in [0.29, 0.717) is 21.4 Å². The molecule has 0 bridgehead atoms. The van der Waals surface area contributed by atoms with Gasteiger partial charge in [-0.25, -0.2) is 8.42 Å². The van der Waals surface area contributed by atoms with Crippen LogP contribution in [0, 0.1) is 11.3 Å². The van der Waals surface area contributed by atoms with E-state index in [1.807, 2.05) is 6.07 Å². The van der Waals surface area contributed by atoms with Crippen LogP contribution in [0.2, 0.25) is 0 Å². The van der Waals surface area contributed by atoms with Crippen molar-refractivity contribution in [2.24, 2.45) is 0 Å². The van der Waals surface area contributed by atoms with Gasteiger partial charge in [0.2, 0.25) is 0 Å². The molecular formula is C13H10BrN3O2S. The van der Waals surface area contributed by atoms with Gasteiger partial charge in [0.1, 0.15) is 0 Å². The molecule has 0 saturated carbocycles. The molecule has 0 atom stereocenters. The van der Waals surface area contributed by atoms with Gasteiger partial charge in [-0.05, 0) is 58.4 Å². The molecule has 0 heterocycles. The molecule has 3 N–H and O–H groups in total. The predicted molar refractivity (Wildman–Crippen MR) is 80.5 cm³/mol. The van der Waals surface area contributed by atoms with Crippen LogP contribution in [0.15, 0.2) is 51.8 Å². The van der Waals surface area contributed by atoms with Gasteiger partial charge in [-0.2, -0.15) is 5.26 Å². The van der Waals surface area contributed by atoms with Crippen molar-refractivity contribution in [1.82, 2.24) is 0 Å². The second-order valence-corrected chi connectivity index (χ2v) is 6.51. The van der Waals surface area contributed by atoms with Crippen molar-refractivity contribution in [3.63, 3.8) is 0 Å². The Kier molecular flexibility index (Phi) is 3.97. The Balaban J connectivity index is 2.30. The second-order valence-electron chi connectivity index (χ2n) is 3.98. The quantitative estimate of drug-likeness (QED) is 0.830. The minimum Gasteiger partial charge on any atom is -0.398 e. The number of halogens is 1. The maximum atomic E-state index is 12.2. The highest BCUT2D eigenvalue weighted by Gasteiger charge is 2.15. The number of nitrogens with zero attached hydrogens (tertiary/aromatic N) is 1. The van der Waals surface area contributed by atoms with E-state index in [1.54, 1.807) is 0 Å². The Bertz CT molecular complexity index is 780. The van der Waals surface area contributed by atoms with E-state index in [2.05, 4.69) is 20.7 Å². The van der Waals surface area contributed by atoms with E-state index in [9.17, 15) is 8.42 Å². The van der Waals surface area contributed by atoms with Crippen LogP contribution < -0.4 is 10.5 Å². The molecular weight excluding hydrogens is 342 g/mol. The van der Waals surface area contributed by atoms with Crippen LogP contribution in [0.5, 0.6) is 0 Å². The van der Waals surface area contributed by atoms with Crippen molar-refractivity contribution in [3.05, 3.63) is 52.5 Å². The summed E-state index contributed by atoms with van der Waals surface area (Å²) in [6, 6.07) is 12.5. The molecule has 7 heteroatoms. The average molecular weight is 352 g/mol. The number of hydrogen-bond donors (Lipinski definition) is 2. The summed E-state index contributed by atoms with van der Waals surface area (Å²) in [5.41, 5.74) is 6.93. The summed E-state index contributed by atoms with van der Waals surface area (Å²) in [6.07, 6.45) is 0. The first-order valence-corrected chi connectivity index (χ1v) is 7.78. The first-order valence-electron chi connectivity index (χ1n) is 5.50.